The summed E-state index contributed by atoms with van der Waals surface area (Å²) >= 11 is 0. The smallest absolute Gasteiger partial charge is 0.303 e. The molecular weight excluding hydrogens is 238 g/mol. The summed E-state index contributed by atoms with van der Waals surface area (Å²) in [5.41, 5.74) is 0.453. The van der Waals surface area contributed by atoms with E-state index in [2.05, 4.69) is 10.1 Å². The first kappa shape index (κ1) is 13.8. The first-order valence-electron chi connectivity index (χ1n) is 5.22. The Morgan fingerprint density at radius 3 is 2.50 bits per heavy atom. The Labute approximate surface area is 105 Å². The molecule has 0 spiro atoms. The molecule has 0 radical (unpaired) electrons. The lowest BCUT2D eigenvalue weighted by Gasteiger charge is -2.11. The maximum absolute atomic E-state index is 11.5. The molecule has 0 aliphatic rings. The molecule has 0 saturated carbocycles. The van der Waals surface area contributed by atoms with Crippen LogP contribution in [0, 0.1) is 0 Å². The first-order chi connectivity index (χ1) is 8.56. The highest BCUT2D eigenvalue weighted by molar-refractivity contribution is 5.94. The lowest BCUT2D eigenvalue weighted by atomic mass is 10.2. The third-order valence-electron chi connectivity index (χ3n) is 2.09. The number of hydrogen-bond donors (Lipinski definition) is 1. The van der Waals surface area contributed by atoms with Crippen LogP contribution in [-0.4, -0.2) is 32.7 Å². The van der Waals surface area contributed by atoms with Gasteiger partial charge in [-0.25, -0.2) is 0 Å². The van der Waals surface area contributed by atoms with Gasteiger partial charge in [-0.3, -0.25) is 9.59 Å². The van der Waals surface area contributed by atoms with E-state index in [4.69, 9.17) is 9.47 Å². The lowest BCUT2D eigenvalue weighted by Crippen LogP contribution is -2.20. The van der Waals surface area contributed by atoms with Crippen molar-refractivity contribution in [1.82, 2.24) is 0 Å². The van der Waals surface area contributed by atoms with Gasteiger partial charge in [-0.2, -0.15) is 0 Å². The Balaban J connectivity index is 2.75. The molecule has 0 aliphatic heterocycles. The molecule has 0 bridgehead atoms. The van der Waals surface area contributed by atoms with Crippen LogP contribution in [0.2, 0.25) is 0 Å². The number of anilines is 1. The maximum atomic E-state index is 11.5. The molecule has 1 rings (SSSR count). The number of methoxy groups -OCH3 is 2. The van der Waals surface area contributed by atoms with Crippen LogP contribution in [0.15, 0.2) is 18.2 Å². The van der Waals surface area contributed by atoms with Gasteiger partial charge in [0.1, 0.15) is 11.5 Å². The summed E-state index contributed by atoms with van der Waals surface area (Å²) in [6.45, 7) is 0.898. The molecule has 0 unspecified atom stereocenters. The van der Waals surface area contributed by atoms with Crippen molar-refractivity contribution in [3.05, 3.63) is 18.2 Å². The minimum atomic E-state index is -0.511. The van der Waals surface area contributed by atoms with Crippen molar-refractivity contribution in [1.29, 1.82) is 0 Å². The van der Waals surface area contributed by atoms with Gasteiger partial charge in [0, 0.05) is 13.0 Å². The second kappa shape index (κ2) is 6.48. The average Bonchev–Trinajstić information content (AvgIpc) is 2.36. The molecule has 1 aromatic carbocycles. The van der Waals surface area contributed by atoms with Crippen molar-refractivity contribution < 1.29 is 23.8 Å². The van der Waals surface area contributed by atoms with E-state index in [0.29, 0.717) is 17.2 Å². The Morgan fingerprint density at radius 2 is 1.94 bits per heavy atom. The molecule has 0 aromatic heterocycles. The molecule has 0 heterocycles. The summed E-state index contributed by atoms with van der Waals surface area (Å²) in [5, 5.41) is 2.57. The van der Waals surface area contributed by atoms with Crippen LogP contribution in [0.25, 0.3) is 0 Å². The van der Waals surface area contributed by atoms with Gasteiger partial charge >= 0.3 is 5.97 Å². The van der Waals surface area contributed by atoms with Gasteiger partial charge in [0.2, 0.25) is 0 Å². The fourth-order valence-corrected chi connectivity index (χ4v) is 1.27. The van der Waals surface area contributed by atoms with Crippen molar-refractivity contribution in [2.75, 3.05) is 26.1 Å². The Bertz CT molecular complexity index is 444. The zero-order chi connectivity index (χ0) is 13.5. The van der Waals surface area contributed by atoms with Gasteiger partial charge in [0.05, 0.1) is 19.9 Å². The highest BCUT2D eigenvalue weighted by atomic mass is 16.5. The van der Waals surface area contributed by atoms with Crippen LogP contribution in [0.1, 0.15) is 6.92 Å². The van der Waals surface area contributed by atoms with E-state index in [1.807, 2.05) is 0 Å². The van der Waals surface area contributed by atoms with Crippen molar-refractivity contribution in [2.45, 2.75) is 6.92 Å². The van der Waals surface area contributed by atoms with Crippen molar-refractivity contribution in [2.24, 2.45) is 0 Å². The molecule has 1 amide bonds. The predicted octanol–water partition coefficient (Wildman–Crippen LogP) is 1.21. The second-order valence-corrected chi connectivity index (χ2v) is 3.39. The molecule has 6 nitrogen and oxygen atoms in total. The molecule has 18 heavy (non-hydrogen) atoms. The summed E-state index contributed by atoms with van der Waals surface area (Å²) in [4.78, 5) is 22.1. The molecule has 1 N–H and O–H groups in total. The number of hydrogen-bond acceptors (Lipinski definition) is 5. The van der Waals surface area contributed by atoms with E-state index in [1.54, 1.807) is 18.2 Å². The van der Waals surface area contributed by atoms with E-state index in [0.717, 1.165) is 0 Å². The van der Waals surface area contributed by atoms with Crippen LogP contribution in [-0.2, 0) is 14.3 Å². The number of carbonyl (C=O) groups excluding carboxylic acids is 2. The van der Waals surface area contributed by atoms with Crippen molar-refractivity contribution in [3.63, 3.8) is 0 Å². The topological polar surface area (TPSA) is 73.9 Å². The van der Waals surface area contributed by atoms with E-state index in [1.165, 1.54) is 21.1 Å². The van der Waals surface area contributed by atoms with Gasteiger partial charge < -0.3 is 19.5 Å². The summed E-state index contributed by atoms with van der Waals surface area (Å²) < 4.78 is 14.7. The fourth-order valence-electron chi connectivity index (χ4n) is 1.27. The van der Waals surface area contributed by atoms with E-state index >= 15 is 0 Å². The number of amides is 1. The van der Waals surface area contributed by atoms with E-state index in [-0.39, 0.29) is 6.61 Å². The normalized spacial score (nSPS) is 9.50. The third kappa shape index (κ3) is 3.97. The van der Waals surface area contributed by atoms with Crippen LogP contribution in [0.3, 0.4) is 0 Å². The van der Waals surface area contributed by atoms with Gasteiger partial charge in [-0.1, -0.05) is 0 Å². The zero-order valence-electron chi connectivity index (χ0n) is 10.5. The van der Waals surface area contributed by atoms with Crippen LogP contribution in [0.5, 0.6) is 11.5 Å². The third-order valence-corrected chi connectivity index (χ3v) is 2.09. The van der Waals surface area contributed by atoms with Crippen LogP contribution < -0.4 is 14.8 Å². The SMILES string of the molecule is COc1ccc(OC)c(NC(=O)COC(C)=O)c1. The number of benzene rings is 1. The summed E-state index contributed by atoms with van der Waals surface area (Å²) in [6.07, 6.45) is 0. The molecule has 0 fully saturated rings. The van der Waals surface area contributed by atoms with E-state index in [9.17, 15) is 9.59 Å². The molecule has 0 atom stereocenters. The first-order valence-corrected chi connectivity index (χ1v) is 5.22. The Hall–Kier alpha value is -2.24. The van der Waals surface area contributed by atoms with Gasteiger partial charge in [-0.05, 0) is 12.1 Å². The second-order valence-electron chi connectivity index (χ2n) is 3.39. The summed E-state index contributed by atoms with van der Waals surface area (Å²) in [5.74, 6) is 0.116. The maximum Gasteiger partial charge on any atom is 0.303 e. The highest BCUT2D eigenvalue weighted by Gasteiger charge is 2.10. The molecular formula is C12H15NO5. The highest BCUT2D eigenvalue weighted by Crippen LogP contribution is 2.28. The zero-order valence-corrected chi connectivity index (χ0v) is 10.5. The minimum absolute atomic E-state index is 0.338. The molecule has 0 saturated heterocycles. The number of esters is 1. The standard InChI is InChI=1S/C12H15NO5/c1-8(14)18-7-12(15)13-10-6-9(16-2)4-5-11(10)17-3/h4-6H,7H2,1-3H3,(H,13,15). The van der Waals surface area contributed by atoms with Gasteiger partial charge in [0.15, 0.2) is 6.61 Å². The van der Waals surface area contributed by atoms with E-state index < -0.39 is 11.9 Å². The van der Waals surface area contributed by atoms with Crippen LogP contribution in [0.4, 0.5) is 5.69 Å². The van der Waals surface area contributed by atoms with Gasteiger partial charge in [-0.15, -0.1) is 0 Å². The quantitative estimate of drug-likeness (QED) is 0.798. The Kier molecular flexibility index (Phi) is 4.98. The molecule has 1 aromatic rings. The Morgan fingerprint density at radius 1 is 1.22 bits per heavy atom. The predicted molar refractivity (Wildman–Crippen MR) is 64.8 cm³/mol. The minimum Gasteiger partial charge on any atom is -0.497 e. The number of carbonyl (C=O) groups is 2. The molecule has 6 heteroatoms. The molecule has 98 valence electrons. The number of rotatable bonds is 5. The summed E-state index contributed by atoms with van der Waals surface area (Å²) in [6, 6.07) is 4.99. The van der Waals surface area contributed by atoms with Gasteiger partial charge in [0.25, 0.3) is 5.91 Å². The number of nitrogens with one attached hydrogen (secondary N) is 1. The summed E-state index contributed by atoms with van der Waals surface area (Å²) in [7, 11) is 3.01. The van der Waals surface area contributed by atoms with Crippen molar-refractivity contribution >= 4 is 17.6 Å². The van der Waals surface area contributed by atoms with Crippen molar-refractivity contribution in [3.8, 4) is 11.5 Å². The largest absolute Gasteiger partial charge is 0.497 e. The lowest BCUT2D eigenvalue weighted by molar-refractivity contribution is -0.144. The number of ether oxygens (including phenoxy) is 3. The van der Waals surface area contributed by atoms with Crippen LogP contribution >= 0.6 is 0 Å². The average molecular weight is 253 g/mol. The monoisotopic (exact) mass is 253 g/mol. The fraction of sp³-hybridized carbons (Fsp3) is 0.333. The molecule has 0 aliphatic carbocycles.